The van der Waals surface area contributed by atoms with E-state index >= 15 is 0 Å². The minimum Gasteiger partial charge on any atom is -0.368 e. The van der Waals surface area contributed by atoms with Gasteiger partial charge in [0.2, 0.25) is 5.95 Å². The normalized spacial score (nSPS) is 10.7. The number of rotatable bonds is 2. The maximum absolute atomic E-state index is 6.16. The summed E-state index contributed by atoms with van der Waals surface area (Å²) in [5.74, 6) is 0.223. The van der Waals surface area contributed by atoms with Crippen LogP contribution in [0.3, 0.4) is 0 Å². The lowest BCUT2D eigenvalue weighted by Crippen LogP contribution is -2.04. The van der Waals surface area contributed by atoms with Crippen LogP contribution in [0.4, 0.5) is 5.95 Å². The molecule has 0 aliphatic heterocycles. The van der Waals surface area contributed by atoms with Crippen molar-refractivity contribution < 1.29 is 0 Å². The first-order valence-corrected chi connectivity index (χ1v) is 5.33. The molecule has 6 heteroatoms. The zero-order valence-electron chi connectivity index (χ0n) is 9.11. The van der Waals surface area contributed by atoms with Crippen LogP contribution in [-0.2, 0) is 6.54 Å². The number of anilines is 1. The van der Waals surface area contributed by atoms with Crippen LogP contribution in [0.5, 0.6) is 0 Å². The van der Waals surface area contributed by atoms with Crippen LogP contribution in [0.25, 0.3) is 11.4 Å². The van der Waals surface area contributed by atoms with Gasteiger partial charge in [0.1, 0.15) is 5.69 Å². The Labute approximate surface area is 98.3 Å². The molecular formula is C10H12ClN5. The minimum atomic E-state index is 0.223. The van der Waals surface area contributed by atoms with E-state index in [0.717, 1.165) is 12.2 Å². The van der Waals surface area contributed by atoms with E-state index < -0.39 is 0 Å². The van der Waals surface area contributed by atoms with Crippen molar-refractivity contribution in [3.63, 3.8) is 0 Å². The monoisotopic (exact) mass is 237 g/mol. The highest BCUT2D eigenvalue weighted by Crippen LogP contribution is 2.28. The van der Waals surface area contributed by atoms with Crippen molar-refractivity contribution in [2.24, 2.45) is 0 Å². The van der Waals surface area contributed by atoms with Crippen LogP contribution < -0.4 is 5.73 Å². The molecule has 2 rings (SSSR count). The Bertz CT molecular complexity index is 520. The molecule has 0 radical (unpaired) electrons. The van der Waals surface area contributed by atoms with E-state index in [1.165, 1.54) is 0 Å². The Kier molecular flexibility index (Phi) is 2.78. The van der Waals surface area contributed by atoms with Gasteiger partial charge >= 0.3 is 0 Å². The van der Waals surface area contributed by atoms with Gasteiger partial charge in [0.15, 0.2) is 0 Å². The quantitative estimate of drug-likeness (QED) is 0.866. The predicted molar refractivity (Wildman–Crippen MR) is 63.1 cm³/mol. The van der Waals surface area contributed by atoms with Crippen molar-refractivity contribution in [2.75, 3.05) is 5.73 Å². The van der Waals surface area contributed by atoms with Gasteiger partial charge in [-0.2, -0.15) is 5.10 Å². The van der Waals surface area contributed by atoms with Crippen molar-refractivity contribution in [1.82, 2.24) is 19.7 Å². The summed E-state index contributed by atoms with van der Waals surface area (Å²) in [6.07, 6.45) is 1.71. The highest BCUT2D eigenvalue weighted by atomic mass is 35.5. The lowest BCUT2D eigenvalue weighted by molar-refractivity contribution is 0.665. The summed E-state index contributed by atoms with van der Waals surface area (Å²) in [4.78, 5) is 8.16. The van der Waals surface area contributed by atoms with Gasteiger partial charge in [-0.25, -0.2) is 9.97 Å². The largest absolute Gasteiger partial charge is 0.368 e. The third-order valence-electron chi connectivity index (χ3n) is 2.29. The summed E-state index contributed by atoms with van der Waals surface area (Å²) in [5.41, 5.74) is 7.77. The molecule has 0 atom stereocenters. The van der Waals surface area contributed by atoms with Gasteiger partial charge in [0, 0.05) is 12.7 Å². The Morgan fingerprint density at radius 3 is 2.88 bits per heavy atom. The highest BCUT2D eigenvalue weighted by Gasteiger charge is 2.13. The van der Waals surface area contributed by atoms with Gasteiger partial charge in [-0.15, -0.1) is 0 Å². The molecule has 0 spiro atoms. The molecule has 2 aromatic rings. The molecular weight excluding hydrogens is 226 g/mol. The van der Waals surface area contributed by atoms with Gasteiger partial charge in [0.25, 0.3) is 0 Å². The van der Waals surface area contributed by atoms with E-state index in [1.54, 1.807) is 13.1 Å². The van der Waals surface area contributed by atoms with Crippen molar-refractivity contribution in [3.8, 4) is 11.4 Å². The molecule has 0 saturated heterocycles. The second kappa shape index (κ2) is 4.09. The molecule has 0 amide bonds. The molecule has 0 saturated carbocycles. The molecule has 0 aromatic carbocycles. The van der Waals surface area contributed by atoms with Gasteiger partial charge in [0.05, 0.1) is 16.4 Å². The number of nitrogens with zero attached hydrogens (tertiary/aromatic N) is 4. The minimum absolute atomic E-state index is 0.223. The van der Waals surface area contributed by atoms with Crippen LogP contribution in [0.15, 0.2) is 12.3 Å². The molecule has 2 aromatic heterocycles. The number of aromatic nitrogens is 4. The first-order valence-electron chi connectivity index (χ1n) is 4.95. The van der Waals surface area contributed by atoms with E-state index in [2.05, 4.69) is 15.1 Å². The van der Waals surface area contributed by atoms with Crippen LogP contribution in [-0.4, -0.2) is 19.7 Å². The molecule has 0 fully saturated rings. The van der Waals surface area contributed by atoms with Crippen molar-refractivity contribution in [1.29, 1.82) is 0 Å². The standard InChI is InChI=1S/C10H12ClN5/c1-3-16-7(4-5-13-16)9-8(11)6(2)14-10(12)15-9/h4-5H,3H2,1-2H3,(H2,12,14,15). The molecule has 2 heterocycles. The first-order chi connectivity index (χ1) is 7.63. The topological polar surface area (TPSA) is 69.6 Å². The number of hydrogen-bond acceptors (Lipinski definition) is 4. The lowest BCUT2D eigenvalue weighted by atomic mass is 10.2. The van der Waals surface area contributed by atoms with Crippen LogP contribution in [0.2, 0.25) is 5.02 Å². The van der Waals surface area contributed by atoms with E-state index in [4.69, 9.17) is 17.3 Å². The third-order valence-corrected chi connectivity index (χ3v) is 2.75. The van der Waals surface area contributed by atoms with Crippen LogP contribution in [0.1, 0.15) is 12.6 Å². The Morgan fingerprint density at radius 2 is 2.19 bits per heavy atom. The Morgan fingerprint density at radius 1 is 1.44 bits per heavy atom. The van der Waals surface area contributed by atoms with Gasteiger partial charge in [-0.3, -0.25) is 4.68 Å². The van der Waals surface area contributed by atoms with Gasteiger partial charge in [-0.05, 0) is 19.9 Å². The maximum atomic E-state index is 6.16. The average Bonchev–Trinajstić information content (AvgIpc) is 2.71. The first kappa shape index (κ1) is 10.9. The fraction of sp³-hybridized carbons (Fsp3) is 0.300. The second-order valence-corrected chi connectivity index (χ2v) is 3.74. The van der Waals surface area contributed by atoms with Crippen molar-refractivity contribution in [3.05, 3.63) is 23.0 Å². The zero-order chi connectivity index (χ0) is 11.7. The van der Waals surface area contributed by atoms with Crippen molar-refractivity contribution >= 4 is 17.5 Å². The number of halogens is 1. The molecule has 0 bridgehead atoms. The molecule has 0 aliphatic rings. The SMILES string of the molecule is CCn1nccc1-c1nc(N)nc(C)c1Cl. The van der Waals surface area contributed by atoms with Gasteiger partial charge in [-0.1, -0.05) is 11.6 Å². The van der Waals surface area contributed by atoms with Gasteiger partial charge < -0.3 is 5.73 Å². The maximum Gasteiger partial charge on any atom is 0.220 e. The van der Waals surface area contributed by atoms with E-state index in [0.29, 0.717) is 16.4 Å². The highest BCUT2D eigenvalue weighted by molar-refractivity contribution is 6.33. The summed E-state index contributed by atoms with van der Waals surface area (Å²) >= 11 is 6.16. The van der Waals surface area contributed by atoms with Crippen LogP contribution >= 0.6 is 11.6 Å². The number of nitrogens with two attached hydrogens (primary N) is 1. The molecule has 5 nitrogen and oxygen atoms in total. The number of aryl methyl sites for hydroxylation is 2. The van der Waals surface area contributed by atoms with Crippen molar-refractivity contribution in [2.45, 2.75) is 20.4 Å². The molecule has 2 N–H and O–H groups in total. The predicted octanol–water partition coefficient (Wildman–Crippen LogP) is 1.90. The van der Waals surface area contributed by atoms with E-state index in [-0.39, 0.29) is 5.95 Å². The zero-order valence-corrected chi connectivity index (χ0v) is 9.86. The van der Waals surface area contributed by atoms with E-state index in [1.807, 2.05) is 17.7 Å². The fourth-order valence-corrected chi connectivity index (χ4v) is 1.72. The van der Waals surface area contributed by atoms with Crippen LogP contribution in [0, 0.1) is 6.92 Å². The summed E-state index contributed by atoms with van der Waals surface area (Å²) in [6.45, 7) is 4.56. The van der Waals surface area contributed by atoms with E-state index in [9.17, 15) is 0 Å². The molecule has 84 valence electrons. The fourth-order valence-electron chi connectivity index (χ4n) is 1.54. The number of nitrogen functional groups attached to an aromatic ring is 1. The summed E-state index contributed by atoms with van der Waals surface area (Å²) in [7, 11) is 0. The lowest BCUT2D eigenvalue weighted by Gasteiger charge is -2.08. The Hall–Kier alpha value is -1.62. The smallest absolute Gasteiger partial charge is 0.220 e. The summed E-state index contributed by atoms with van der Waals surface area (Å²) < 4.78 is 1.81. The molecule has 0 unspecified atom stereocenters. The number of hydrogen-bond donors (Lipinski definition) is 1. The third kappa shape index (κ3) is 1.74. The molecule has 16 heavy (non-hydrogen) atoms. The average molecular weight is 238 g/mol. The second-order valence-electron chi connectivity index (χ2n) is 3.36. The molecule has 0 aliphatic carbocycles. The summed E-state index contributed by atoms with van der Waals surface area (Å²) in [6, 6.07) is 1.86. The summed E-state index contributed by atoms with van der Waals surface area (Å²) in [5, 5.41) is 4.69. The Balaban J connectivity index is 2.64.